The summed E-state index contributed by atoms with van der Waals surface area (Å²) in [5.41, 5.74) is 3.17. The lowest BCUT2D eigenvalue weighted by Gasteiger charge is -2.09. The van der Waals surface area contributed by atoms with Crippen LogP contribution in [0.25, 0.3) is 0 Å². The number of aryl methyl sites for hydroxylation is 2. The van der Waals surface area contributed by atoms with E-state index in [-0.39, 0.29) is 0 Å². The van der Waals surface area contributed by atoms with Gasteiger partial charge in [-0.05, 0) is 49.1 Å². The summed E-state index contributed by atoms with van der Waals surface area (Å²) in [6.07, 6.45) is 0.636. The fraction of sp³-hybridized carbons (Fsp3) is 0.333. The normalized spacial score (nSPS) is 11.6. The molecule has 0 spiro atoms. The van der Waals surface area contributed by atoms with Crippen molar-refractivity contribution >= 4 is 10.0 Å². The molecule has 0 aliphatic carbocycles. The maximum Gasteiger partial charge on any atom is 0.240 e. The monoisotopic (exact) mass is 333 g/mol. The highest BCUT2D eigenvalue weighted by atomic mass is 32.2. The molecular weight excluding hydrogens is 310 g/mol. The molecule has 0 amide bonds. The van der Waals surface area contributed by atoms with Gasteiger partial charge < -0.3 is 4.74 Å². The summed E-state index contributed by atoms with van der Waals surface area (Å²) in [6, 6.07) is 15.1. The summed E-state index contributed by atoms with van der Waals surface area (Å²) >= 11 is 0. The maximum atomic E-state index is 12.2. The van der Waals surface area contributed by atoms with E-state index in [9.17, 15) is 8.42 Å². The van der Waals surface area contributed by atoms with Gasteiger partial charge in [-0.3, -0.25) is 0 Å². The van der Waals surface area contributed by atoms with Crippen molar-refractivity contribution in [1.29, 1.82) is 0 Å². The number of sulfonamides is 1. The molecule has 1 N–H and O–H groups in total. The van der Waals surface area contributed by atoms with Gasteiger partial charge in [-0.2, -0.15) is 0 Å². The third-order valence-electron chi connectivity index (χ3n) is 3.66. The number of rotatable bonds is 8. The Balaban J connectivity index is 1.73. The van der Waals surface area contributed by atoms with E-state index in [0.717, 1.165) is 16.7 Å². The first kappa shape index (κ1) is 17.7. The van der Waals surface area contributed by atoms with Crippen LogP contribution >= 0.6 is 0 Å². The van der Waals surface area contributed by atoms with Gasteiger partial charge in [0.15, 0.2) is 0 Å². The van der Waals surface area contributed by atoms with E-state index in [1.165, 1.54) is 0 Å². The minimum atomic E-state index is -3.44. The molecule has 0 heterocycles. The van der Waals surface area contributed by atoms with Gasteiger partial charge in [0.05, 0.1) is 11.5 Å². The zero-order valence-electron chi connectivity index (χ0n) is 13.6. The van der Waals surface area contributed by atoms with Crippen molar-refractivity contribution < 1.29 is 13.2 Å². The van der Waals surface area contributed by atoms with Gasteiger partial charge in [-0.25, -0.2) is 13.1 Å². The molecule has 23 heavy (non-hydrogen) atoms. The Bertz CT molecular complexity index is 727. The summed E-state index contributed by atoms with van der Waals surface area (Å²) in [5, 5.41) is 0. The number of benzene rings is 2. The molecule has 0 radical (unpaired) electrons. The van der Waals surface area contributed by atoms with E-state index in [4.69, 9.17) is 4.74 Å². The third kappa shape index (κ3) is 5.46. The van der Waals surface area contributed by atoms with Gasteiger partial charge in [-0.15, -0.1) is 0 Å². The lowest BCUT2D eigenvalue weighted by atomic mass is 10.1. The molecule has 0 aliphatic heterocycles. The second-order valence-corrected chi connectivity index (χ2v) is 7.30. The van der Waals surface area contributed by atoms with Crippen molar-refractivity contribution in [2.75, 3.05) is 13.2 Å². The fourth-order valence-corrected chi connectivity index (χ4v) is 3.27. The molecule has 0 fully saturated rings. The Hall–Kier alpha value is -1.69. The zero-order chi connectivity index (χ0) is 16.7. The van der Waals surface area contributed by atoms with Gasteiger partial charge in [0.2, 0.25) is 10.0 Å². The van der Waals surface area contributed by atoms with Crippen LogP contribution in [-0.2, 0) is 21.4 Å². The number of ether oxygens (including phenoxy) is 1. The number of hydrogen-bond acceptors (Lipinski definition) is 3. The van der Waals surface area contributed by atoms with E-state index in [1.54, 1.807) is 12.1 Å². The summed E-state index contributed by atoms with van der Waals surface area (Å²) in [7, 11) is -3.44. The van der Waals surface area contributed by atoms with E-state index in [0.29, 0.717) is 31.1 Å². The molecule has 0 atom stereocenters. The zero-order valence-corrected chi connectivity index (χ0v) is 14.4. The van der Waals surface area contributed by atoms with Crippen LogP contribution in [0.3, 0.4) is 0 Å². The molecule has 2 rings (SSSR count). The first-order valence-electron chi connectivity index (χ1n) is 7.67. The maximum absolute atomic E-state index is 12.2. The van der Waals surface area contributed by atoms with Crippen LogP contribution in [-0.4, -0.2) is 21.6 Å². The van der Waals surface area contributed by atoms with Crippen LogP contribution < -0.4 is 4.72 Å². The molecule has 2 aromatic rings. The minimum Gasteiger partial charge on any atom is -0.377 e. The van der Waals surface area contributed by atoms with Crippen molar-refractivity contribution in [2.24, 2.45) is 0 Å². The Morgan fingerprint density at radius 1 is 1.00 bits per heavy atom. The third-order valence-corrected chi connectivity index (χ3v) is 5.12. The lowest BCUT2D eigenvalue weighted by Crippen LogP contribution is -2.25. The first-order valence-corrected chi connectivity index (χ1v) is 9.16. The Morgan fingerprint density at radius 2 is 1.74 bits per heavy atom. The van der Waals surface area contributed by atoms with E-state index in [1.807, 2.05) is 50.2 Å². The molecule has 4 nitrogen and oxygen atoms in total. The predicted molar refractivity (Wildman–Crippen MR) is 91.8 cm³/mol. The highest BCUT2D eigenvalue weighted by Crippen LogP contribution is 2.14. The molecular formula is C18H23NO3S. The van der Waals surface area contributed by atoms with Crippen molar-refractivity contribution in [3.05, 3.63) is 65.2 Å². The lowest BCUT2D eigenvalue weighted by molar-refractivity contribution is 0.119. The number of nitrogens with one attached hydrogen (secondary N) is 1. The van der Waals surface area contributed by atoms with E-state index >= 15 is 0 Å². The fourth-order valence-electron chi connectivity index (χ4n) is 2.11. The van der Waals surface area contributed by atoms with Gasteiger partial charge in [0, 0.05) is 13.2 Å². The van der Waals surface area contributed by atoms with E-state index < -0.39 is 10.0 Å². The second kappa shape index (κ2) is 8.24. The summed E-state index contributed by atoms with van der Waals surface area (Å²) in [5.74, 6) is 0. The topological polar surface area (TPSA) is 55.4 Å². The van der Waals surface area contributed by atoms with Gasteiger partial charge in [0.25, 0.3) is 0 Å². The van der Waals surface area contributed by atoms with E-state index in [2.05, 4.69) is 4.72 Å². The van der Waals surface area contributed by atoms with Crippen LogP contribution in [0.1, 0.15) is 23.1 Å². The molecule has 0 saturated carbocycles. The number of hydrogen-bond donors (Lipinski definition) is 1. The van der Waals surface area contributed by atoms with Gasteiger partial charge in [0.1, 0.15) is 0 Å². The molecule has 124 valence electrons. The molecule has 0 unspecified atom stereocenters. The second-order valence-electron chi connectivity index (χ2n) is 5.54. The van der Waals surface area contributed by atoms with Crippen molar-refractivity contribution in [3.8, 4) is 0 Å². The summed E-state index contributed by atoms with van der Waals surface area (Å²) < 4.78 is 32.5. The molecule has 0 aromatic heterocycles. The van der Waals surface area contributed by atoms with Gasteiger partial charge in [-0.1, -0.05) is 36.4 Å². The van der Waals surface area contributed by atoms with Gasteiger partial charge >= 0.3 is 0 Å². The molecule has 5 heteroatoms. The Kier molecular flexibility index (Phi) is 6.33. The van der Waals surface area contributed by atoms with Crippen LogP contribution in [0, 0.1) is 13.8 Å². The standard InChI is InChI=1S/C18H23NO3S/c1-15-9-10-18(13-16(15)2)23(20,21)19-11-6-12-22-14-17-7-4-3-5-8-17/h3-5,7-10,13,19H,6,11-12,14H2,1-2H3. The SMILES string of the molecule is Cc1ccc(S(=O)(=O)NCCCOCc2ccccc2)cc1C. The van der Waals surface area contributed by atoms with Crippen LogP contribution in [0.2, 0.25) is 0 Å². The largest absolute Gasteiger partial charge is 0.377 e. The van der Waals surface area contributed by atoms with Crippen LogP contribution in [0.4, 0.5) is 0 Å². The Labute approximate surface area is 138 Å². The molecule has 2 aromatic carbocycles. The molecule has 0 saturated heterocycles. The van der Waals surface area contributed by atoms with Crippen molar-refractivity contribution in [1.82, 2.24) is 4.72 Å². The minimum absolute atomic E-state index is 0.311. The average Bonchev–Trinajstić information content (AvgIpc) is 2.54. The highest BCUT2D eigenvalue weighted by molar-refractivity contribution is 7.89. The van der Waals surface area contributed by atoms with Crippen molar-refractivity contribution in [2.45, 2.75) is 31.8 Å². The van der Waals surface area contributed by atoms with Crippen LogP contribution in [0.5, 0.6) is 0 Å². The Morgan fingerprint density at radius 3 is 2.43 bits per heavy atom. The summed E-state index contributed by atoms with van der Waals surface area (Å²) in [4.78, 5) is 0.311. The smallest absolute Gasteiger partial charge is 0.240 e. The highest BCUT2D eigenvalue weighted by Gasteiger charge is 2.13. The first-order chi connectivity index (χ1) is 11.0. The quantitative estimate of drug-likeness (QED) is 0.755. The van der Waals surface area contributed by atoms with Crippen molar-refractivity contribution in [3.63, 3.8) is 0 Å². The average molecular weight is 333 g/mol. The predicted octanol–water partition coefficient (Wildman–Crippen LogP) is 3.19. The van der Waals surface area contributed by atoms with Crippen LogP contribution in [0.15, 0.2) is 53.4 Å². The molecule has 0 aliphatic rings. The summed E-state index contributed by atoms with van der Waals surface area (Å²) in [6.45, 7) is 5.30. The molecule has 0 bridgehead atoms.